The van der Waals surface area contributed by atoms with Gasteiger partial charge in [-0.15, -0.1) is 0 Å². The van der Waals surface area contributed by atoms with Gasteiger partial charge in [0.1, 0.15) is 17.2 Å². The van der Waals surface area contributed by atoms with Crippen LogP contribution in [0.25, 0.3) is 56.0 Å². The SMILES string of the molecule is CS(=O)(=O)NCc1cc(F)cc(-c2ccnc3nc(-c4n[nH]c5cnc(-c6cncc(NC(=O)C7CCCCC7)c6)c(F)c45)[nH]c23)c1. The van der Waals surface area contributed by atoms with Gasteiger partial charge in [-0.05, 0) is 54.3 Å². The molecule has 5 aromatic heterocycles. The molecule has 5 heterocycles. The Labute approximate surface area is 267 Å². The van der Waals surface area contributed by atoms with E-state index in [9.17, 15) is 17.6 Å². The number of aromatic nitrogens is 7. The Balaban J connectivity index is 1.24. The first-order chi connectivity index (χ1) is 22.6. The summed E-state index contributed by atoms with van der Waals surface area (Å²) in [6.07, 6.45) is 11.9. The number of anilines is 1. The second-order valence-corrected chi connectivity index (χ2v) is 13.5. The summed E-state index contributed by atoms with van der Waals surface area (Å²) >= 11 is 0. The molecule has 0 unspecified atom stereocenters. The van der Waals surface area contributed by atoms with Crippen LogP contribution in [-0.4, -0.2) is 55.7 Å². The van der Waals surface area contributed by atoms with Crippen molar-refractivity contribution in [2.45, 2.75) is 38.6 Å². The van der Waals surface area contributed by atoms with E-state index in [2.05, 4.69) is 45.2 Å². The molecule has 0 spiro atoms. The maximum atomic E-state index is 16.3. The first-order valence-electron chi connectivity index (χ1n) is 15.0. The van der Waals surface area contributed by atoms with Gasteiger partial charge in [-0.25, -0.2) is 31.9 Å². The van der Waals surface area contributed by atoms with Crippen molar-refractivity contribution in [3.05, 3.63) is 72.3 Å². The number of carbonyl (C=O) groups excluding carboxylic acids is 1. The fourth-order valence-corrected chi connectivity index (χ4v) is 6.41. The number of nitrogens with zero attached hydrogens (tertiary/aromatic N) is 5. The Morgan fingerprint density at radius 1 is 1.00 bits per heavy atom. The number of benzene rings is 1. The van der Waals surface area contributed by atoms with Crippen molar-refractivity contribution in [3.63, 3.8) is 0 Å². The van der Waals surface area contributed by atoms with Crippen molar-refractivity contribution >= 4 is 43.7 Å². The molecular weight excluding hydrogens is 628 g/mol. The predicted molar refractivity (Wildman–Crippen MR) is 172 cm³/mol. The Hall–Kier alpha value is -5.15. The van der Waals surface area contributed by atoms with Crippen molar-refractivity contribution in [2.75, 3.05) is 11.6 Å². The molecule has 4 N–H and O–H groups in total. The third-order valence-corrected chi connectivity index (χ3v) is 8.89. The van der Waals surface area contributed by atoms with E-state index >= 15 is 4.39 Å². The molecule has 0 radical (unpaired) electrons. The van der Waals surface area contributed by atoms with Crippen molar-refractivity contribution in [2.24, 2.45) is 5.92 Å². The van der Waals surface area contributed by atoms with E-state index in [0.717, 1.165) is 38.4 Å². The minimum absolute atomic E-state index is 0.0198. The first kappa shape index (κ1) is 30.5. The van der Waals surface area contributed by atoms with E-state index in [0.29, 0.717) is 39.0 Å². The van der Waals surface area contributed by atoms with Crippen LogP contribution in [0.3, 0.4) is 0 Å². The summed E-state index contributed by atoms with van der Waals surface area (Å²) in [5, 5.41) is 10.2. The summed E-state index contributed by atoms with van der Waals surface area (Å²) < 4.78 is 56.4. The fraction of sp³-hybridized carbons (Fsp3) is 0.250. The summed E-state index contributed by atoms with van der Waals surface area (Å²) in [4.78, 5) is 33.4. The van der Waals surface area contributed by atoms with Crippen LogP contribution in [0.4, 0.5) is 14.5 Å². The zero-order valence-electron chi connectivity index (χ0n) is 25.1. The van der Waals surface area contributed by atoms with Gasteiger partial charge in [0.15, 0.2) is 17.3 Å². The molecule has 1 aliphatic rings. The van der Waals surface area contributed by atoms with Crippen LogP contribution in [0.1, 0.15) is 37.7 Å². The molecule has 1 fully saturated rings. The molecule has 1 aliphatic carbocycles. The van der Waals surface area contributed by atoms with Crippen LogP contribution < -0.4 is 10.0 Å². The third kappa shape index (κ3) is 6.31. The minimum Gasteiger partial charge on any atom is -0.335 e. The van der Waals surface area contributed by atoms with Crippen molar-refractivity contribution in [3.8, 4) is 33.9 Å². The molecule has 0 bridgehead atoms. The summed E-state index contributed by atoms with van der Waals surface area (Å²) in [6, 6.07) is 7.54. The highest BCUT2D eigenvalue weighted by Gasteiger charge is 2.24. The van der Waals surface area contributed by atoms with Crippen LogP contribution in [0.5, 0.6) is 0 Å². The van der Waals surface area contributed by atoms with Crippen LogP contribution in [0.15, 0.2) is 55.1 Å². The summed E-state index contributed by atoms with van der Waals surface area (Å²) in [7, 11) is -3.49. The zero-order chi connectivity index (χ0) is 32.7. The highest BCUT2D eigenvalue weighted by molar-refractivity contribution is 7.88. The smallest absolute Gasteiger partial charge is 0.227 e. The third-order valence-electron chi connectivity index (χ3n) is 8.22. The van der Waals surface area contributed by atoms with Crippen molar-refractivity contribution in [1.82, 2.24) is 39.8 Å². The second kappa shape index (κ2) is 12.2. The summed E-state index contributed by atoms with van der Waals surface area (Å²) in [6.45, 7) is -0.0910. The number of aromatic amines is 2. The molecule has 240 valence electrons. The van der Waals surface area contributed by atoms with Gasteiger partial charge in [0.25, 0.3) is 0 Å². The van der Waals surface area contributed by atoms with Gasteiger partial charge in [0, 0.05) is 36.0 Å². The average Bonchev–Trinajstić information content (AvgIpc) is 3.69. The Morgan fingerprint density at radius 2 is 1.83 bits per heavy atom. The van der Waals surface area contributed by atoms with Crippen LogP contribution in [-0.2, 0) is 21.4 Å². The number of H-pyrrole nitrogens is 2. The Kier molecular flexibility index (Phi) is 7.93. The normalized spacial score (nSPS) is 14.2. The zero-order valence-corrected chi connectivity index (χ0v) is 26.0. The lowest BCUT2D eigenvalue weighted by atomic mass is 9.88. The van der Waals surface area contributed by atoms with E-state index < -0.39 is 21.7 Å². The van der Waals surface area contributed by atoms with Gasteiger partial charge >= 0.3 is 0 Å². The van der Waals surface area contributed by atoms with Gasteiger partial charge < -0.3 is 10.3 Å². The van der Waals surface area contributed by atoms with E-state index in [-0.39, 0.29) is 46.6 Å². The van der Waals surface area contributed by atoms with Crippen molar-refractivity contribution < 1.29 is 22.0 Å². The number of imidazole rings is 1. The molecule has 1 saturated carbocycles. The molecule has 1 aromatic carbocycles. The summed E-state index contributed by atoms with van der Waals surface area (Å²) in [5.41, 5.74) is 3.53. The molecule has 6 aromatic rings. The van der Waals surface area contributed by atoms with Gasteiger partial charge in [0.05, 0.1) is 40.8 Å². The van der Waals surface area contributed by atoms with Crippen LogP contribution >= 0.6 is 0 Å². The number of sulfonamides is 1. The molecule has 0 saturated heterocycles. The van der Waals surface area contributed by atoms with E-state index in [4.69, 9.17) is 0 Å². The Morgan fingerprint density at radius 3 is 2.64 bits per heavy atom. The topological polar surface area (TPSA) is 171 Å². The van der Waals surface area contributed by atoms with Crippen LogP contribution in [0.2, 0.25) is 0 Å². The number of rotatable bonds is 8. The minimum atomic E-state index is -3.49. The number of pyridine rings is 3. The largest absolute Gasteiger partial charge is 0.335 e. The lowest BCUT2D eigenvalue weighted by molar-refractivity contribution is -0.120. The Bertz CT molecular complexity index is 2260. The van der Waals surface area contributed by atoms with E-state index in [1.54, 1.807) is 18.2 Å². The molecule has 1 amide bonds. The second-order valence-electron chi connectivity index (χ2n) is 11.7. The number of amides is 1. The number of nitrogens with one attached hydrogen (secondary N) is 4. The molecule has 12 nitrogen and oxygen atoms in total. The van der Waals surface area contributed by atoms with Gasteiger partial charge in [-0.3, -0.25) is 19.9 Å². The lowest BCUT2D eigenvalue weighted by Crippen LogP contribution is -2.24. The van der Waals surface area contributed by atoms with Gasteiger partial charge in [-0.1, -0.05) is 19.3 Å². The molecule has 0 aliphatic heterocycles. The molecule has 7 rings (SSSR count). The number of hydrogen-bond acceptors (Lipinski definition) is 8. The molecule has 0 atom stereocenters. The maximum absolute atomic E-state index is 16.3. The highest BCUT2D eigenvalue weighted by Crippen LogP contribution is 2.35. The lowest BCUT2D eigenvalue weighted by Gasteiger charge is -2.20. The number of halogens is 2. The fourth-order valence-electron chi connectivity index (χ4n) is 5.98. The average molecular weight is 658 g/mol. The van der Waals surface area contributed by atoms with Crippen LogP contribution in [0, 0.1) is 17.6 Å². The van der Waals surface area contributed by atoms with Gasteiger partial charge in [0.2, 0.25) is 15.9 Å². The number of hydrogen-bond donors (Lipinski definition) is 4. The number of fused-ring (bicyclic) bond motifs is 2. The first-order valence-corrected chi connectivity index (χ1v) is 16.9. The number of carbonyl (C=O) groups is 1. The van der Waals surface area contributed by atoms with E-state index in [1.807, 2.05) is 0 Å². The maximum Gasteiger partial charge on any atom is 0.227 e. The van der Waals surface area contributed by atoms with Crippen molar-refractivity contribution in [1.29, 1.82) is 0 Å². The highest BCUT2D eigenvalue weighted by atomic mass is 32.2. The quantitative estimate of drug-likeness (QED) is 0.167. The van der Waals surface area contributed by atoms with Gasteiger partial charge in [-0.2, -0.15) is 5.10 Å². The standard InChI is InChI=1S/C32H29F2N9O3S/c1-47(45,46)38-13-17-9-19(11-21(33)10-17)23-7-8-36-30-28(23)40-31(41-30)29-25-24(42-43-29)16-37-27(26(25)34)20-12-22(15-35-14-20)39-32(44)18-5-3-2-4-6-18/h7-12,14-16,18,38H,2-6,13H2,1H3,(H,39,44)(H,42,43)(H,36,40,41). The molecular formula is C32H29F2N9O3S. The monoisotopic (exact) mass is 657 g/mol. The summed E-state index contributed by atoms with van der Waals surface area (Å²) in [5.74, 6) is -1.12. The predicted octanol–water partition coefficient (Wildman–Crippen LogP) is 5.47. The molecule has 15 heteroatoms. The molecule has 47 heavy (non-hydrogen) atoms. The van der Waals surface area contributed by atoms with E-state index in [1.165, 1.54) is 36.9 Å².